The van der Waals surface area contributed by atoms with E-state index in [0.29, 0.717) is 0 Å². The number of hydrogen-bond donors (Lipinski definition) is 1. The summed E-state index contributed by atoms with van der Waals surface area (Å²) in [4.78, 5) is 7.26. The van der Waals surface area contributed by atoms with E-state index in [1.165, 1.54) is 32.4 Å². The normalized spacial score (nSPS) is 31.8. The second kappa shape index (κ2) is 7.56. The van der Waals surface area contributed by atoms with Crippen molar-refractivity contribution in [3.63, 3.8) is 0 Å². The van der Waals surface area contributed by atoms with Gasteiger partial charge in [0.15, 0.2) is 5.96 Å². The van der Waals surface area contributed by atoms with Crippen LogP contribution in [0.5, 0.6) is 0 Å². The first kappa shape index (κ1) is 16.1. The lowest BCUT2D eigenvalue weighted by Gasteiger charge is -2.33. The van der Waals surface area contributed by atoms with Crippen LogP contribution in [0.15, 0.2) is 4.99 Å². The molecule has 18 heavy (non-hydrogen) atoms. The summed E-state index contributed by atoms with van der Waals surface area (Å²) in [6, 6.07) is 0. The zero-order valence-electron chi connectivity index (χ0n) is 12.0. The van der Waals surface area contributed by atoms with E-state index in [0.717, 1.165) is 36.8 Å². The molecule has 0 aromatic rings. The van der Waals surface area contributed by atoms with E-state index in [-0.39, 0.29) is 24.0 Å². The topological polar surface area (TPSA) is 27.6 Å². The van der Waals surface area contributed by atoms with Gasteiger partial charge in [-0.1, -0.05) is 13.8 Å². The fraction of sp³-hybridized carbons (Fsp3) is 0.929. The van der Waals surface area contributed by atoms with Gasteiger partial charge in [0.25, 0.3) is 0 Å². The molecule has 0 amide bonds. The lowest BCUT2D eigenvalue weighted by Crippen LogP contribution is -2.46. The summed E-state index contributed by atoms with van der Waals surface area (Å²) in [6.07, 6.45) is 4.06. The van der Waals surface area contributed by atoms with Crippen molar-refractivity contribution in [1.29, 1.82) is 0 Å². The molecule has 4 heteroatoms. The number of hydrogen-bond acceptors (Lipinski definition) is 1. The Bertz CT molecular complexity index is 280. The van der Waals surface area contributed by atoms with Crippen molar-refractivity contribution < 1.29 is 0 Å². The number of nitrogens with zero attached hydrogens (tertiary/aromatic N) is 2. The van der Waals surface area contributed by atoms with Crippen molar-refractivity contribution >= 4 is 29.9 Å². The van der Waals surface area contributed by atoms with E-state index in [1.54, 1.807) is 0 Å². The summed E-state index contributed by atoms with van der Waals surface area (Å²) in [5.41, 5.74) is 0. The highest BCUT2D eigenvalue weighted by Crippen LogP contribution is 2.37. The quantitative estimate of drug-likeness (QED) is 0.473. The predicted molar refractivity (Wildman–Crippen MR) is 88.6 cm³/mol. The summed E-state index contributed by atoms with van der Waals surface area (Å²) in [7, 11) is 0. The first-order valence-electron chi connectivity index (χ1n) is 7.24. The molecular weight excluding hydrogens is 337 g/mol. The van der Waals surface area contributed by atoms with E-state index in [4.69, 9.17) is 4.99 Å². The van der Waals surface area contributed by atoms with Gasteiger partial charge in [0.05, 0.1) is 0 Å². The molecule has 3 nitrogen and oxygen atoms in total. The monoisotopic (exact) mass is 365 g/mol. The van der Waals surface area contributed by atoms with E-state index in [9.17, 15) is 0 Å². The van der Waals surface area contributed by atoms with Crippen molar-refractivity contribution in [2.75, 3.05) is 26.2 Å². The molecule has 1 N–H and O–H groups in total. The molecule has 2 rings (SSSR count). The molecule has 2 aliphatic rings. The second-order valence-corrected chi connectivity index (χ2v) is 5.86. The smallest absolute Gasteiger partial charge is 0.193 e. The summed E-state index contributed by atoms with van der Waals surface area (Å²) >= 11 is 0. The fourth-order valence-electron chi connectivity index (χ4n) is 2.66. The zero-order valence-corrected chi connectivity index (χ0v) is 14.3. The van der Waals surface area contributed by atoms with Crippen LogP contribution in [0.3, 0.4) is 0 Å². The van der Waals surface area contributed by atoms with Crippen molar-refractivity contribution in [3.8, 4) is 0 Å². The van der Waals surface area contributed by atoms with Gasteiger partial charge in [0.1, 0.15) is 0 Å². The second-order valence-electron chi connectivity index (χ2n) is 5.86. The molecule has 0 bridgehead atoms. The summed E-state index contributed by atoms with van der Waals surface area (Å²) in [5, 5.41) is 3.45. The van der Waals surface area contributed by atoms with Crippen LogP contribution in [-0.4, -0.2) is 37.0 Å². The number of halogens is 1. The standard InChI is InChI=1S/C14H27N3.HI/c1-4-15-14(16-9-13-8-12(13)3)17-7-5-6-11(2)10-17;/h11-13H,4-10H2,1-3H3,(H,15,16);1H. The molecule has 2 fully saturated rings. The number of rotatable bonds is 3. The molecule has 1 aliphatic carbocycles. The van der Waals surface area contributed by atoms with Crippen molar-refractivity contribution in [2.24, 2.45) is 22.7 Å². The van der Waals surface area contributed by atoms with Gasteiger partial charge in [-0.15, -0.1) is 24.0 Å². The maximum absolute atomic E-state index is 4.82. The Hall–Kier alpha value is 0. The first-order valence-corrected chi connectivity index (χ1v) is 7.24. The number of nitrogens with one attached hydrogen (secondary N) is 1. The molecule has 3 atom stereocenters. The van der Waals surface area contributed by atoms with Gasteiger partial charge in [0, 0.05) is 26.2 Å². The Labute approximate surface area is 129 Å². The van der Waals surface area contributed by atoms with Gasteiger partial charge in [-0.3, -0.25) is 4.99 Å². The van der Waals surface area contributed by atoms with E-state index in [1.807, 2.05) is 0 Å². The SMILES string of the molecule is CCNC(=NCC1CC1C)N1CCCC(C)C1.I. The highest BCUT2D eigenvalue weighted by Gasteiger charge is 2.32. The highest BCUT2D eigenvalue weighted by atomic mass is 127. The van der Waals surface area contributed by atoms with Crippen LogP contribution in [0, 0.1) is 17.8 Å². The average Bonchev–Trinajstić information content (AvgIpc) is 3.00. The van der Waals surface area contributed by atoms with Crippen LogP contribution < -0.4 is 5.32 Å². The van der Waals surface area contributed by atoms with Crippen LogP contribution in [0.4, 0.5) is 0 Å². The van der Waals surface area contributed by atoms with Gasteiger partial charge in [-0.25, -0.2) is 0 Å². The maximum atomic E-state index is 4.82. The Balaban J connectivity index is 0.00000162. The van der Waals surface area contributed by atoms with Gasteiger partial charge in [0.2, 0.25) is 0 Å². The number of piperidine rings is 1. The molecule has 0 spiro atoms. The molecule has 0 radical (unpaired) electrons. The van der Waals surface area contributed by atoms with E-state index < -0.39 is 0 Å². The Morgan fingerprint density at radius 3 is 2.67 bits per heavy atom. The third-order valence-electron chi connectivity index (χ3n) is 4.04. The van der Waals surface area contributed by atoms with E-state index >= 15 is 0 Å². The molecule has 1 saturated heterocycles. The van der Waals surface area contributed by atoms with Crippen LogP contribution in [0.25, 0.3) is 0 Å². The zero-order chi connectivity index (χ0) is 12.3. The maximum Gasteiger partial charge on any atom is 0.193 e. The minimum absolute atomic E-state index is 0. The Morgan fingerprint density at radius 2 is 2.11 bits per heavy atom. The third-order valence-corrected chi connectivity index (χ3v) is 4.04. The Morgan fingerprint density at radius 1 is 1.39 bits per heavy atom. The summed E-state index contributed by atoms with van der Waals surface area (Å²) in [6.45, 7) is 11.2. The van der Waals surface area contributed by atoms with Crippen molar-refractivity contribution in [3.05, 3.63) is 0 Å². The number of likely N-dealkylation sites (tertiary alicyclic amines) is 1. The average molecular weight is 365 g/mol. The molecule has 1 heterocycles. The van der Waals surface area contributed by atoms with E-state index in [2.05, 4.69) is 31.0 Å². The first-order chi connectivity index (χ1) is 8.20. The molecule has 106 valence electrons. The van der Waals surface area contributed by atoms with Gasteiger partial charge >= 0.3 is 0 Å². The highest BCUT2D eigenvalue weighted by molar-refractivity contribution is 14.0. The minimum Gasteiger partial charge on any atom is -0.357 e. The van der Waals surface area contributed by atoms with Gasteiger partial charge < -0.3 is 10.2 Å². The summed E-state index contributed by atoms with van der Waals surface area (Å²) < 4.78 is 0. The lowest BCUT2D eigenvalue weighted by molar-refractivity contribution is 0.266. The van der Waals surface area contributed by atoms with Crippen LogP contribution in [0.1, 0.15) is 40.0 Å². The number of aliphatic imine (C=N–C) groups is 1. The molecule has 0 aromatic heterocycles. The van der Waals surface area contributed by atoms with Crippen LogP contribution in [-0.2, 0) is 0 Å². The van der Waals surface area contributed by atoms with Crippen molar-refractivity contribution in [1.82, 2.24) is 10.2 Å². The lowest BCUT2D eigenvalue weighted by atomic mass is 10.0. The fourth-order valence-corrected chi connectivity index (χ4v) is 2.66. The molecule has 3 unspecified atom stereocenters. The Kier molecular flexibility index (Phi) is 6.74. The van der Waals surface area contributed by atoms with Crippen LogP contribution >= 0.6 is 24.0 Å². The predicted octanol–water partition coefficient (Wildman–Crippen LogP) is 2.96. The van der Waals surface area contributed by atoms with Crippen molar-refractivity contribution in [2.45, 2.75) is 40.0 Å². The molecule has 0 aromatic carbocycles. The van der Waals surface area contributed by atoms with Crippen LogP contribution in [0.2, 0.25) is 0 Å². The molecular formula is C14H28IN3. The largest absolute Gasteiger partial charge is 0.357 e. The third kappa shape index (κ3) is 4.59. The number of guanidine groups is 1. The van der Waals surface area contributed by atoms with Gasteiger partial charge in [-0.05, 0) is 43.9 Å². The summed E-state index contributed by atoms with van der Waals surface area (Å²) in [5.74, 6) is 3.72. The molecule has 1 aliphatic heterocycles. The van der Waals surface area contributed by atoms with Gasteiger partial charge in [-0.2, -0.15) is 0 Å². The minimum atomic E-state index is 0. The molecule has 1 saturated carbocycles.